The molecule has 1 saturated carbocycles. The van der Waals surface area contributed by atoms with Crippen molar-refractivity contribution in [2.24, 2.45) is 0 Å². The predicted octanol–water partition coefficient (Wildman–Crippen LogP) is 3.02. The van der Waals surface area contributed by atoms with Crippen LogP contribution in [0.25, 0.3) is 0 Å². The molecule has 1 N–H and O–H groups in total. The zero-order valence-corrected chi connectivity index (χ0v) is 13.2. The monoisotopic (exact) mass is 320 g/mol. The Labute approximate surface area is 133 Å². The molecule has 0 spiro atoms. The first-order valence-corrected chi connectivity index (χ1v) is 7.55. The van der Waals surface area contributed by atoms with Crippen LogP contribution in [0.3, 0.4) is 0 Å². The lowest BCUT2D eigenvalue weighted by atomic mass is 9.95. The lowest BCUT2D eigenvalue weighted by Gasteiger charge is -2.35. The summed E-state index contributed by atoms with van der Waals surface area (Å²) in [5, 5.41) is 3.45. The average Bonchev–Trinajstić information content (AvgIpc) is 3.30. The molecule has 1 fully saturated rings. The van der Waals surface area contributed by atoms with Crippen LogP contribution in [-0.2, 0) is 9.53 Å². The first kappa shape index (κ1) is 14.9. The van der Waals surface area contributed by atoms with E-state index < -0.39 is 12.0 Å². The van der Waals surface area contributed by atoms with Gasteiger partial charge >= 0.3 is 12.0 Å². The number of hydrogen-bond donors (Lipinski definition) is 1. The smallest absolute Gasteiger partial charge is 0.337 e. The Morgan fingerprint density at radius 2 is 2.14 bits per heavy atom. The SMILES string of the molecule is COC(=O)C1=C(C)N(C2CC2)C(=O)N[C@H]1c1cccc(Cl)c1. The van der Waals surface area contributed by atoms with Gasteiger partial charge < -0.3 is 10.1 Å². The number of rotatable bonds is 3. The van der Waals surface area contributed by atoms with Gasteiger partial charge in [0.1, 0.15) is 0 Å². The van der Waals surface area contributed by atoms with Crippen LogP contribution in [0.1, 0.15) is 31.4 Å². The lowest BCUT2D eigenvalue weighted by Crippen LogP contribution is -2.48. The van der Waals surface area contributed by atoms with Crippen molar-refractivity contribution in [3.05, 3.63) is 46.1 Å². The number of methoxy groups -OCH3 is 1. The summed E-state index contributed by atoms with van der Waals surface area (Å²) in [5.74, 6) is -0.437. The van der Waals surface area contributed by atoms with E-state index in [1.807, 2.05) is 6.07 Å². The number of nitrogens with zero attached hydrogens (tertiary/aromatic N) is 1. The van der Waals surface area contributed by atoms with E-state index in [4.69, 9.17) is 16.3 Å². The van der Waals surface area contributed by atoms with Crippen molar-refractivity contribution in [2.75, 3.05) is 7.11 Å². The zero-order valence-electron chi connectivity index (χ0n) is 12.4. The molecule has 1 heterocycles. The maximum absolute atomic E-state index is 12.4. The molecule has 1 aliphatic heterocycles. The molecule has 1 aromatic carbocycles. The second kappa shape index (κ2) is 5.65. The van der Waals surface area contributed by atoms with Crippen LogP contribution in [-0.4, -0.2) is 30.1 Å². The van der Waals surface area contributed by atoms with E-state index in [9.17, 15) is 9.59 Å². The van der Waals surface area contributed by atoms with Gasteiger partial charge in [0.25, 0.3) is 0 Å². The Kier molecular flexibility index (Phi) is 3.83. The van der Waals surface area contributed by atoms with Gasteiger partial charge in [-0.3, -0.25) is 4.90 Å². The largest absolute Gasteiger partial charge is 0.466 e. The average molecular weight is 321 g/mol. The molecule has 6 heteroatoms. The first-order valence-electron chi connectivity index (χ1n) is 7.17. The fourth-order valence-electron chi connectivity index (χ4n) is 2.84. The van der Waals surface area contributed by atoms with Crippen molar-refractivity contribution in [1.82, 2.24) is 10.2 Å². The van der Waals surface area contributed by atoms with Crippen LogP contribution in [0.15, 0.2) is 35.5 Å². The maximum atomic E-state index is 12.4. The molecule has 0 radical (unpaired) electrons. The molecule has 1 atom stereocenters. The number of amides is 2. The summed E-state index contributed by atoms with van der Waals surface area (Å²) in [6.07, 6.45) is 1.92. The highest BCUT2D eigenvalue weighted by Crippen LogP contribution is 2.38. The minimum atomic E-state index is -0.548. The van der Waals surface area contributed by atoms with E-state index in [1.165, 1.54) is 7.11 Å². The van der Waals surface area contributed by atoms with Crippen molar-refractivity contribution in [2.45, 2.75) is 31.8 Å². The number of ether oxygens (including phenoxy) is 1. The molecule has 1 aliphatic carbocycles. The number of carbonyl (C=O) groups excluding carboxylic acids is 2. The van der Waals surface area contributed by atoms with Crippen LogP contribution in [0.2, 0.25) is 5.02 Å². The third kappa shape index (κ3) is 2.57. The number of esters is 1. The molecule has 22 heavy (non-hydrogen) atoms. The Morgan fingerprint density at radius 1 is 1.41 bits per heavy atom. The summed E-state index contributed by atoms with van der Waals surface area (Å²) in [5.41, 5.74) is 1.87. The second-order valence-corrected chi connectivity index (χ2v) is 5.97. The summed E-state index contributed by atoms with van der Waals surface area (Å²) >= 11 is 6.03. The van der Waals surface area contributed by atoms with E-state index in [-0.39, 0.29) is 12.1 Å². The zero-order chi connectivity index (χ0) is 15.9. The third-order valence-corrected chi connectivity index (χ3v) is 4.26. The molecule has 0 aromatic heterocycles. The minimum absolute atomic E-state index is 0.181. The Morgan fingerprint density at radius 3 is 2.73 bits per heavy atom. The normalized spacial score (nSPS) is 21.7. The van der Waals surface area contributed by atoms with Gasteiger partial charge in [-0.25, -0.2) is 9.59 Å². The van der Waals surface area contributed by atoms with E-state index in [2.05, 4.69) is 5.32 Å². The van der Waals surface area contributed by atoms with E-state index >= 15 is 0 Å². The van der Waals surface area contributed by atoms with Crippen LogP contribution in [0, 0.1) is 0 Å². The van der Waals surface area contributed by atoms with E-state index in [1.54, 1.807) is 30.0 Å². The van der Waals surface area contributed by atoms with Gasteiger partial charge in [0.05, 0.1) is 18.7 Å². The summed E-state index contributed by atoms with van der Waals surface area (Å²) < 4.78 is 4.92. The van der Waals surface area contributed by atoms with Crippen molar-refractivity contribution >= 4 is 23.6 Å². The standard InChI is InChI=1S/C16H17ClN2O3/c1-9-13(15(20)22-2)14(10-4-3-5-11(17)8-10)18-16(21)19(9)12-6-7-12/h3-5,8,12,14H,6-7H2,1-2H3,(H,18,21)/t14-/m0/s1. The number of nitrogens with one attached hydrogen (secondary N) is 1. The second-order valence-electron chi connectivity index (χ2n) is 5.53. The summed E-state index contributed by atoms with van der Waals surface area (Å²) in [4.78, 5) is 26.3. The van der Waals surface area contributed by atoms with Gasteiger partial charge in [-0.05, 0) is 37.5 Å². The molecule has 0 saturated heterocycles. The molecule has 0 bridgehead atoms. The molecular weight excluding hydrogens is 304 g/mol. The highest BCUT2D eigenvalue weighted by molar-refractivity contribution is 6.30. The highest BCUT2D eigenvalue weighted by Gasteiger charge is 2.42. The van der Waals surface area contributed by atoms with Gasteiger partial charge in [-0.2, -0.15) is 0 Å². The first-order chi connectivity index (χ1) is 10.5. The summed E-state index contributed by atoms with van der Waals surface area (Å²) in [6.45, 7) is 1.79. The van der Waals surface area contributed by atoms with Crippen molar-refractivity contribution in [1.29, 1.82) is 0 Å². The highest BCUT2D eigenvalue weighted by atomic mass is 35.5. The van der Waals surface area contributed by atoms with Crippen molar-refractivity contribution < 1.29 is 14.3 Å². The van der Waals surface area contributed by atoms with Gasteiger partial charge in [0.15, 0.2) is 0 Å². The van der Waals surface area contributed by atoms with Gasteiger partial charge in [-0.1, -0.05) is 23.7 Å². The topological polar surface area (TPSA) is 58.6 Å². The lowest BCUT2D eigenvalue weighted by molar-refractivity contribution is -0.136. The number of allylic oxidation sites excluding steroid dienone is 1. The Bertz CT molecular complexity index is 667. The number of hydrogen-bond acceptors (Lipinski definition) is 3. The molecule has 0 unspecified atom stereocenters. The summed E-state index contributed by atoms with van der Waals surface area (Å²) in [6, 6.07) is 6.57. The number of benzene rings is 1. The van der Waals surface area contributed by atoms with Crippen molar-refractivity contribution in [3.63, 3.8) is 0 Å². The number of carbonyl (C=O) groups is 2. The predicted molar refractivity (Wildman–Crippen MR) is 82.3 cm³/mol. The molecule has 5 nitrogen and oxygen atoms in total. The van der Waals surface area contributed by atoms with Crippen LogP contribution in [0.4, 0.5) is 4.79 Å². The van der Waals surface area contributed by atoms with Crippen LogP contribution >= 0.6 is 11.6 Å². The van der Waals surface area contributed by atoms with E-state index in [0.29, 0.717) is 16.3 Å². The Hall–Kier alpha value is -2.01. The molecule has 2 aliphatic rings. The van der Waals surface area contributed by atoms with Gasteiger partial charge in [0, 0.05) is 16.8 Å². The minimum Gasteiger partial charge on any atom is -0.466 e. The van der Waals surface area contributed by atoms with Crippen LogP contribution in [0.5, 0.6) is 0 Å². The fourth-order valence-corrected chi connectivity index (χ4v) is 3.04. The summed E-state index contributed by atoms with van der Waals surface area (Å²) in [7, 11) is 1.34. The van der Waals surface area contributed by atoms with Crippen molar-refractivity contribution in [3.8, 4) is 0 Å². The van der Waals surface area contributed by atoms with Gasteiger partial charge in [-0.15, -0.1) is 0 Å². The molecule has 2 amide bonds. The Balaban J connectivity index is 2.08. The van der Waals surface area contributed by atoms with E-state index in [0.717, 1.165) is 18.4 Å². The van der Waals surface area contributed by atoms with Crippen LogP contribution < -0.4 is 5.32 Å². The molecular formula is C16H17ClN2O3. The third-order valence-electron chi connectivity index (χ3n) is 4.03. The maximum Gasteiger partial charge on any atom is 0.337 e. The fraction of sp³-hybridized carbons (Fsp3) is 0.375. The number of halogens is 1. The number of urea groups is 1. The van der Waals surface area contributed by atoms with Gasteiger partial charge in [0.2, 0.25) is 0 Å². The molecule has 3 rings (SSSR count). The molecule has 1 aromatic rings. The quantitative estimate of drug-likeness (QED) is 0.871. The molecule has 116 valence electrons.